The highest BCUT2D eigenvalue weighted by Crippen LogP contribution is 2.12. The molecule has 0 spiro atoms. The summed E-state index contributed by atoms with van der Waals surface area (Å²) in [5, 5.41) is 2.85. The van der Waals surface area contributed by atoms with Crippen LogP contribution in [0.2, 0.25) is 0 Å². The van der Waals surface area contributed by atoms with E-state index in [1.807, 2.05) is 38.1 Å². The van der Waals surface area contributed by atoms with Crippen molar-refractivity contribution in [2.45, 2.75) is 39.5 Å². The van der Waals surface area contributed by atoms with Crippen molar-refractivity contribution in [1.29, 1.82) is 0 Å². The minimum absolute atomic E-state index is 0.110. The first-order chi connectivity index (χ1) is 12.5. The molecule has 2 rings (SSSR count). The van der Waals surface area contributed by atoms with Crippen LogP contribution in [0.3, 0.4) is 0 Å². The molecule has 1 N–H and O–H groups in total. The van der Waals surface area contributed by atoms with E-state index >= 15 is 0 Å². The molecule has 0 radical (unpaired) electrons. The van der Waals surface area contributed by atoms with Gasteiger partial charge in [0, 0.05) is 30.9 Å². The van der Waals surface area contributed by atoms with E-state index in [4.69, 9.17) is 9.47 Å². The number of anilines is 1. The van der Waals surface area contributed by atoms with E-state index in [-0.39, 0.29) is 24.0 Å². The van der Waals surface area contributed by atoms with E-state index in [9.17, 15) is 9.59 Å². The monoisotopic (exact) mass is 358 g/mol. The van der Waals surface area contributed by atoms with E-state index in [0.717, 1.165) is 11.3 Å². The summed E-state index contributed by atoms with van der Waals surface area (Å²) in [4.78, 5) is 23.7. The van der Waals surface area contributed by atoms with Crippen molar-refractivity contribution >= 4 is 11.6 Å². The van der Waals surface area contributed by atoms with Crippen molar-refractivity contribution in [2.75, 3.05) is 18.5 Å². The molecule has 0 aliphatic rings. The highest BCUT2D eigenvalue weighted by molar-refractivity contribution is 5.90. The van der Waals surface area contributed by atoms with Gasteiger partial charge in [-0.2, -0.15) is 0 Å². The number of carbonyl (C=O) groups excluding carboxylic acids is 1. The lowest BCUT2D eigenvalue weighted by atomic mass is 10.2. The number of aryl methyl sites for hydroxylation is 1. The fourth-order valence-electron chi connectivity index (χ4n) is 2.36. The van der Waals surface area contributed by atoms with Gasteiger partial charge in [-0.25, -0.2) is 0 Å². The second kappa shape index (κ2) is 10.5. The quantitative estimate of drug-likeness (QED) is 0.663. The predicted molar refractivity (Wildman–Crippen MR) is 101 cm³/mol. The first-order valence-electron chi connectivity index (χ1n) is 8.78. The van der Waals surface area contributed by atoms with Crippen LogP contribution < -0.4 is 10.9 Å². The third-order valence-corrected chi connectivity index (χ3v) is 3.64. The summed E-state index contributed by atoms with van der Waals surface area (Å²) in [7, 11) is 0. The molecule has 0 atom stereocenters. The number of nitrogens with zero attached hydrogens (tertiary/aromatic N) is 1. The minimum atomic E-state index is -0.135. The molecule has 0 saturated heterocycles. The number of hydrogen-bond acceptors (Lipinski definition) is 4. The number of pyridine rings is 1. The first kappa shape index (κ1) is 19.9. The van der Waals surface area contributed by atoms with Crippen LogP contribution in [-0.4, -0.2) is 29.8 Å². The van der Waals surface area contributed by atoms with Crippen LogP contribution >= 0.6 is 0 Å². The Morgan fingerprint density at radius 2 is 2.00 bits per heavy atom. The molecule has 6 nitrogen and oxygen atoms in total. The second-order valence-electron chi connectivity index (χ2n) is 6.20. The van der Waals surface area contributed by atoms with E-state index < -0.39 is 0 Å². The fraction of sp³-hybridized carbons (Fsp3) is 0.400. The van der Waals surface area contributed by atoms with Gasteiger partial charge in [0.1, 0.15) is 0 Å². The lowest BCUT2D eigenvalue weighted by Crippen LogP contribution is -2.21. The zero-order valence-electron chi connectivity index (χ0n) is 15.3. The molecule has 0 unspecified atom stereocenters. The van der Waals surface area contributed by atoms with Gasteiger partial charge in [0.05, 0.1) is 25.9 Å². The van der Waals surface area contributed by atoms with Crippen LogP contribution in [0.4, 0.5) is 5.69 Å². The Bertz CT molecular complexity index is 755. The standard InChI is InChI=1S/C20H26N2O4/c1-16(2)26-13-12-25-15-17-6-5-7-18(14-17)21-19(23)9-11-22-10-4-3-8-20(22)24/h3-8,10,14,16H,9,11-13,15H2,1-2H3,(H,21,23). The summed E-state index contributed by atoms with van der Waals surface area (Å²) in [6.07, 6.45) is 2.11. The van der Waals surface area contributed by atoms with Crippen LogP contribution in [0, 0.1) is 0 Å². The highest BCUT2D eigenvalue weighted by Gasteiger charge is 2.05. The molecule has 0 fully saturated rings. The zero-order valence-corrected chi connectivity index (χ0v) is 15.3. The van der Waals surface area contributed by atoms with Gasteiger partial charge < -0.3 is 19.4 Å². The largest absolute Gasteiger partial charge is 0.376 e. The van der Waals surface area contributed by atoms with Gasteiger partial charge >= 0.3 is 0 Å². The number of ether oxygens (including phenoxy) is 2. The van der Waals surface area contributed by atoms with E-state index in [1.54, 1.807) is 18.3 Å². The summed E-state index contributed by atoms with van der Waals surface area (Å²) >= 11 is 0. The molecule has 2 aromatic rings. The summed E-state index contributed by atoms with van der Waals surface area (Å²) < 4.78 is 12.5. The number of nitrogens with one attached hydrogen (secondary N) is 1. The molecule has 0 bridgehead atoms. The molecule has 140 valence electrons. The Morgan fingerprint density at radius 3 is 2.77 bits per heavy atom. The topological polar surface area (TPSA) is 69.6 Å². The summed E-state index contributed by atoms with van der Waals surface area (Å²) in [6.45, 7) is 5.88. The Kier molecular flexibility index (Phi) is 8.05. The number of rotatable bonds is 10. The minimum Gasteiger partial charge on any atom is -0.376 e. The molecule has 1 heterocycles. The van der Waals surface area contributed by atoms with Crippen LogP contribution in [0.25, 0.3) is 0 Å². The van der Waals surface area contributed by atoms with Crippen molar-refractivity contribution in [2.24, 2.45) is 0 Å². The number of aromatic nitrogens is 1. The van der Waals surface area contributed by atoms with Gasteiger partial charge in [-0.15, -0.1) is 0 Å². The summed E-state index contributed by atoms with van der Waals surface area (Å²) in [5.74, 6) is -0.135. The maximum Gasteiger partial charge on any atom is 0.250 e. The van der Waals surface area contributed by atoms with Crippen molar-refractivity contribution in [1.82, 2.24) is 4.57 Å². The molecule has 1 aromatic carbocycles. The lowest BCUT2D eigenvalue weighted by molar-refractivity contribution is -0.116. The van der Waals surface area contributed by atoms with Crippen LogP contribution in [-0.2, 0) is 27.4 Å². The number of amides is 1. The average molecular weight is 358 g/mol. The zero-order chi connectivity index (χ0) is 18.8. The van der Waals surface area contributed by atoms with Gasteiger partial charge in [0.2, 0.25) is 5.91 Å². The number of benzene rings is 1. The maximum absolute atomic E-state index is 12.1. The third-order valence-electron chi connectivity index (χ3n) is 3.64. The van der Waals surface area contributed by atoms with Gasteiger partial charge in [-0.3, -0.25) is 9.59 Å². The van der Waals surface area contributed by atoms with Gasteiger partial charge in [0.15, 0.2) is 0 Å². The van der Waals surface area contributed by atoms with E-state index in [2.05, 4.69) is 5.32 Å². The fourth-order valence-corrected chi connectivity index (χ4v) is 2.36. The molecular formula is C20H26N2O4. The lowest BCUT2D eigenvalue weighted by Gasteiger charge is -2.10. The van der Waals surface area contributed by atoms with E-state index in [1.165, 1.54) is 10.6 Å². The van der Waals surface area contributed by atoms with E-state index in [0.29, 0.717) is 26.4 Å². The molecule has 1 amide bonds. The SMILES string of the molecule is CC(C)OCCOCc1cccc(NC(=O)CCn2ccccc2=O)c1. The number of hydrogen-bond donors (Lipinski definition) is 1. The normalized spacial score (nSPS) is 10.9. The van der Waals surface area contributed by atoms with Crippen LogP contribution in [0.5, 0.6) is 0 Å². The molecule has 1 aromatic heterocycles. The van der Waals surface area contributed by atoms with Gasteiger partial charge in [-0.05, 0) is 37.6 Å². The highest BCUT2D eigenvalue weighted by atomic mass is 16.5. The average Bonchev–Trinajstić information content (AvgIpc) is 2.61. The molecule has 0 aliphatic heterocycles. The van der Waals surface area contributed by atoms with Gasteiger partial charge in [-0.1, -0.05) is 18.2 Å². The van der Waals surface area contributed by atoms with Crippen molar-refractivity contribution in [3.63, 3.8) is 0 Å². The molecule has 26 heavy (non-hydrogen) atoms. The Labute approximate surface area is 153 Å². The maximum atomic E-state index is 12.1. The predicted octanol–water partition coefficient (Wildman–Crippen LogP) is 2.82. The first-order valence-corrected chi connectivity index (χ1v) is 8.78. The molecular weight excluding hydrogens is 332 g/mol. The number of carbonyl (C=O) groups is 1. The Morgan fingerprint density at radius 1 is 1.15 bits per heavy atom. The van der Waals surface area contributed by atoms with Crippen molar-refractivity contribution < 1.29 is 14.3 Å². The van der Waals surface area contributed by atoms with Gasteiger partial charge in [0.25, 0.3) is 5.56 Å². The van der Waals surface area contributed by atoms with Crippen LogP contribution in [0.15, 0.2) is 53.5 Å². The Hall–Kier alpha value is -2.44. The van der Waals surface area contributed by atoms with Crippen molar-refractivity contribution in [3.05, 3.63) is 64.6 Å². The van der Waals surface area contributed by atoms with Crippen LogP contribution in [0.1, 0.15) is 25.8 Å². The van der Waals surface area contributed by atoms with Crippen molar-refractivity contribution in [3.8, 4) is 0 Å². The summed E-state index contributed by atoms with van der Waals surface area (Å²) in [6, 6.07) is 12.5. The molecule has 0 saturated carbocycles. The Balaban J connectivity index is 1.77. The smallest absolute Gasteiger partial charge is 0.250 e. The second-order valence-corrected chi connectivity index (χ2v) is 6.20. The summed E-state index contributed by atoms with van der Waals surface area (Å²) in [5.41, 5.74) is 1.59. The molecule has 6 heteroatoms. The third kappa shape index (κ3) is 7.21. The molecule has 0 aliphatic carbocycles.